The zero-order valence-electron chi connectivity index (χ0n) is 5.14. The van der Waals surface area contributed by atoms with Crippen LogP contribution in [0.5, 0.6) is 0 Å². The molecule has 0 aromatic carbocycles. The van der Waals surface area contributed by atoms with Gasteiger partial charge in [0.2, 0.25) is 0 Å². The van der Waals surface area contributed by atoms with Gasteiger partial charge in [-0.15, -0.1) is 0 Å². The first-order chi connectivity index (χ1) is 4.33. The predicted octanol–water partition coefficient (Wildman–Crippen LogP) is 2.30. The monoisotopic (exact) mass is 236 g/mol. The first kappa shape index (κ1) is 7.25. The van der Waals surface area contributed by atoms with Crippen LogP contribution in [0.1, 0.15) is 19.3 Å². The molecule has 0 saturated heterocycles. The van der Waals surface area contributed by atoms with Gasteiger partial charge in [-0.3, -0.25) is 0 Å². The summed E-state index contributed by atoms with van der Waals surface area (Å²) in [6.45, 7) is 0. The highest BCUT2D eigenvalue weighted by atomic mass is 127. The minimum absolute atomic E-state index is 0.214. The van der Waals surface area contributed by atoms with Crippen molar-refractivity contribution in [2.45, 2.75) is 19.3 Å². The quantitative estimate of drug-likeness (QED) is 0.504. The molecule has 0 aliphatic heterocycles. The summed E-state index contributed by atoms with van der Waals surface area (Å²) in [5.74, 6) is 0.214. The van der Waals surface area contributed by atoms with Gasteiger partial charge >= 0.3 is 0 Å². The molecule has 1 aliphatic carbocycles. The van der Waals surface area contributed by atoms with Crippen LogP contribution < -0.4 is 0 Å². The second-order valence-corrected chi connectivity index (χ2v) is 3.69. The largest absolute Gasteiger partial charge is 0.303 e. The molecule has 0 radical (unpaired) electrons. The van der Waals surface area contributed by atoms with Crippen molar-refractivity contribution in [2.75, 3.05) is 0 Å². The van der Waals surface area contributed by atoms with Crippen molar-refractivity contribution in [3.05, 3.63) is 9.66 Å². The van der Waals surface area contributed by atoms with Crippen LogP contribution in [-0.4, -0.2) is 6.29 Å². The van der Waals surface area contributed by atoms with Crippen LogP contribution in [0.25, 0.3) is 0 Å². The number of allylic oxidation sites excluding steroid dienone is 2. The zero-order valence-corrected chi connectivity index (χ0v) is 7.30. The van der Waals surface area contributed by atoms with Gasteiger partial charge in [0.1, 0.15) is 6.29 Å². The molecular weight excluding hydrogens is 227 g/mol. The van der Waals surface area contributed by atoms with E-state index in [1.54, 1.807) is 0 Å². The normalized spacial score (nSPS) is 27.2. The van der Waals surface area contributed by atoms with Gasteiger partial charge in [0.25, 0.3) is 0 Å². The molecule has 9 heavy (non-hydrogen) atoms. The standard InChI is InChI=1S/C7H9IO/c8-7-3-1-2-6(4-7)5-9/h4-6H,1-3H2. The van der Waals surface area contributed by atoms with Crippen LogP contribution in [-0.2, 0) is 4.79 Å². The number of carbonyl (C=O) groups is 1. The molecule has 0 fully saturated rings. The van der Waals surface area contributed by atoms with E-state index in [4.69, 9.17) is 0 Å². The lowest BCUT2D eigenvalue weighted by Gasteiger charge is -2.11. The van der Waals surface area contributed by atoms with Gasteiger partial charge in [-0.05, 0) is 45.4 Å². The Labute approximate surface area is 68.7 Å². The van der Waals surface area contributed by atoms with E-state index in [2.05, 4.69) is 28.7 Å². The molecule has 0 aromatic heterocycles. The van der Waals surface area contributed by atoms with Gasteiger partial charge < -0.3 is 4.79 Å². The van der Waals surface area contributed by atoms with Gasteiger partial charge in [-0.1, -0.05) is 6.08 Å². The summed E-state index contributed by atoms with van der Waals surface area (Å²) in [6, 6.07) is 0. The van der Waals surface area contributed by atoms with Gasteiger partial charge in [-0.2, -0.15) is 0 Å². The number of carbonyl (C=O) groups excluding carboxylic acids is 1. The number of halogens is 1. The van der Waals surface area contributed by atoms with Crippen LogP contribution in [0.2, 0.25) is 0 Å². The molecular formula is C7H9IO. The van der Waals surface area contributed by atoms with Gasteiger partial charge in [0.15, 0.2) is 0 Å². The van der Waals surface area contributed by atoms with E-state index in [9.17, 15) is 4.79 Å². The van der Waals surface area contributed by atoms with Gasteiger partial charge in [0.05, 0.1) is 0 Å². The highest BCUT2D eigenvalue weighted by Gasteiger charge is 2.09. The van der Waals surface area contributed by atoms with Crippen LogP contribution in [0.15, 0.2) is 9.66 Å². The summed E-state index contributed by atoms with van der Waals surface area (Å²) in [5, 5.41) is 0. The summed E-state index contributed by atoms with van der Waals surface area (Å²) in [5.41, 5.74) is 0. The Hall–Kier alpha value is 0.140. The van der Waals surface area contributed by atoms with Crippen molar-refractivity contribution in [1.82, 2.24) is 0 Å². The Kier molecular flexibility index (Phi) is 2.69. The third-order valence-corrected chi connectivity index (χ3v) is 2.42. The third kappa shape index (κ3) is 2.08. The Morgan fingerprint density at radius 3 is 3.00 bits per heavy atom. The van der Waals surface area contributed by atoms with Crippen LogP contribution >= 0.6 is 22.6 Å². The molecule has 1 rings (SSSR count). The van der Waals surface area contributed by atoms with E-state index in [-0.39, 0.29) is 5.92 Å². The molecule has 0 N–H and O–H groups in total. The van der Waals surface area contributed by atoms with Crippen molar-refractivity contribution in [3.8, 4) is 0 Å². The summed E-state index contributed by atoms with van der Waals surface area (Å²) in [4.78, 5) is 10.3. The van der Waals surface area contributed by atoms with Crippen molar-refractivity contribution in [3.63, 3.8) is 0 Å². The van der Waals surface area contributed by atoms with E-state index in [1.165, 1.54) is 16.4 Å². The molecule has 0 bridgehead atoms. The molecule has 1 nitrogen and oxygen atoms in total. The fourth-order valence-corrected chi connectivity index (χ4v) is 1.86. The summed E-state index contributed by atoms with van der Waals surface area (Å²) >= 11 is 2.30. The first-order valence-electron chi connectivity index (χ1n) is 3.14. The smallest absolute Gasteiger partial charge is 0.126 e. The summed E-state index contributed by atoms with van der Waals surface area (Å²) < 4.78 is 1.34. The molecule has 0 amide bonds. The molecule has 1 unspecified atom stereocenters. The number of rotatable bonds is 1. The Balaban J connectivity index is 2.56. The molecule has 1 aliphatic rings. The van der Waals surface area contributed by atoms with E-state index in [0.29, 0.717) is 0 Å². The zero-order chi connectivity index (χ0) is 6.69. The first-order valence-corrected chi connectivity index (χ1v) is 4.22. The second-order valence-electron chi connectivity index (χ2n) is 2.31. The lowest BCUT2D eigenvalue weighted by atomic mass is 9.98. The SMILES string of the molecule is O=CC1C=C(I)CCC1. The maximum absolute atomic E-state index is 10.3. The molecule has 0 heterocycles. The average Bonchev–Trinajstić information content (AvgIpc) is 1.88. The topological polar surface area (TPSA) is 17.1 Å². The molecule has 0 aromatic rings. The molecule has 2 heteroatoms. The summed E-state index contributed by atoms with van der Waals surface area (Å²) in [7, 11) is 0. The Morgan fingerprint density at radius 2 is 2.56 bits per heavy atom. The predicted molar refractivity (Wildman–Crippen MR) is 45.5 cm³/mol. The number of hydrogen-bond donors (Lipinski definition) is 0. The average molecular weight is 236 g/mol. The third-order valence-electron chi connectivity index (χ3n) is 1.52. The Bertz CT molecular complexity index is 140. The summed E-state index contributed by atoms with van der Waals surface area (Å²) in [6.07, 6.45) is 6.51. The fraction of sp³-hybridized carbons (Fsp3) is 0.571. The lowest BCUT2D eigenvalue weighted by Crippen LogP contribution is -2.02. The highest BCUT2D eigenvalue weighted by Crippen LogP contribution is 2.25. The van der Waals surface area contributed by atoms with E-state index in [0.717, 1.165) is 12.7 Å². The van der Waals surface area contributed by atoms with Crippen molar-refractivity contribution in [1.29, 1.82) is 0 Å². The van der Waals surface area contributed by atoms with E-state index >= 15 is 0 Å². The van der Waals surface area contributed by atoms with Crippen molar-refractivity contribution < 1.29 is 4.79 Å². The lowest BCUT2D eigenvalue weighted by molar-refractivity contribution is -0.110. The minimum Gasteiger partial charge on any atom is -0.303 e. The molecule has 0 saturated carbocycles. The maximum atomic E-state index is 10.3. The molecule has 1 atom stereocenters. The van der Waals surface area contributed by atoms with Crippen LogP contribution in [0.4, 0.5) is 0 Å². The van der Waals surface area contributed by atoms with Gasteiger partial charge in [-0.25, -0.2) is 0 Å². The fourth-order valence-electron chi connectivity index (χ4n) is 1.01. The number of aldehydes is 1. The molecule has 50 valence electrons. The minimum atomic E-state index is 0.214. The van der Waals surface area contributed by atoms with Crippen LogP contribution in [0, 0.1) is 5.92 Å². The highest BCUT2D eigenvalue weighted by molar-refractivity contribution is 14.1. The van der Waals surface area contributed by atoms with E-state index in [1.807, 2.05) is 0 Å². The number of hydrogen-bond acceptors (Lipinski definition) is 1. The molecule has 0 spiro atoms. The van der Waals surface area contributed by atoms with E-state index < -0.39 is 0 Å². The van der Waals surface area contributed by atoms with Gasteiger partial charge in [0, 0.05) is 5.92 Å². The van der Waals surface area contributed by atoms with Crippen LogP contribution in [0.3, 0.4) is 0 Å². The second kappa shape index (κ2) is 3.34. The Morgan fingerprint density at radius 1 is 1.78 bits per heavy atom. The van der Waals surface area contributed by atoms with Crippen molar-refractivity contribution in [2.24, 2.45) is 5.92 Å². The maximum Gasteiger partial charge on any atom is 0.126 e. The van der Waals surface area contributed by atoms with Crippen molar-refractivity contribution >= 4 is 28.9 Å².